The second-order valence-electron chi connectivity index (χ2n) is 5.24. The zero-order chi connectivity index (χ0) is 19.4. The van der Waals surface area contributed by atoms with Gasteiger partial charge in [0.2, 0.25) is 5.89 Å². The first-order chi connectivity index (χ1) is 13.0. The van der Waals surface area contributed by atoms with E-state index >= 15 is 0 Å². The molecule has 8 nitrogen and oxygen atoms in total. The zero-order valence-electron chi connectivity index (χ0n) is 13.9. The molecule has 0 aliphatic carbocycles. The van der Waals surface area contributed by atoms with E-state index in [1.165, 1.54) is 37.4 Å². The number of nitrogens with zero attached hydrogens (tertiary/aromatic N) is 3. The summed E-state index contributed by atoms with van der Waals surface area (Å²) in [5.74, 6) is -0.626. The molecule has 1 heterocycles. The Bertz CT molecular complexity index is 1010. The maximum atomic E-state index is 13.4. The fourth-order valence-corrected chi connectivity index (χ4v) is 2.89. The molecule has 138 valence electrons. The highest BCUT2D eigenvalue weighted by molar-refractivity contribution is 7.99. The highest BCUT2D eigenvalue weighted by Crippen LogP contribution is 2.27. The van der Waals surface area contributed by atoms with E-state index in [9.17, 15) is 19.3 Å². The third-order valence-corrected chi connectivity index (χ3v) is 4.32. The average Bonchev–Trinajstić information content (AvgIpc) is 3.15. The number of nitro groups is 1. The topological polar surface area (TPSA) is 108 Å². The summed E-state index contributed by atoms with van der Waals surface area (Å²) in [6.07, 6.45) is 0. The Morgan fingerprint density at radius 1 is 1.30 bits per heavy atom. The van der Waals surface area contributed by atoms with Gasteiger partial charge < -0.3 is 9.15 Å². The van der Waals surface area contributed by atoms with Crippen LogP contribution in [-0.2, 0) is 0 Å². The van der Waals surface area contributed by atoms with Crippen molar-refractivity contribution in [3.63, 3.8) is 0 Å². The fourth-order valence-electron chi connectivity index (χ4n) is 2.24. The summed E-state index contributed by atoms with van der Waals surface area (Å²) >= 11 is 0.973. The predicted molar refractivity (Wildman–Crippen MR) is 94.4 cm³/mol. The van der Waals surface area contributed by atoms with Crippen molar-refractivity contribution in [2.45, 2.75) is 5.22 Å². The molecule has 2 aromatic carbocycles. The number of Topliss-reactive ketones (excluding diaryl/α,β-unsaturated/α-hetero) is 1. The molecule has 0 aliphatic heterocycles. The molecule has 0 atom stereocenters. The van der Waals surface area contributed by atoms with E-state index in [2.05, 4.69) is 10.2 Å². The van der Waals surface area contributed by atoms with Gasteiger partial charge in [-0.2, -0.15) is 0 Å². The van der Waals surface area contributed by atoms with Gasteiger partial charge >= 0.3 is 0 Å². The summed E-state index contributed by atoms with van der Waals surface area (Å²) in [4.78, 5) is 22.6. The minimum absolute atomic E-state index is 0.0730. The van der Waals surface area contributed by atoms with E-state index in [0.717, 1.165) is 17.8 Å². The molecule has 27 heavy (non-hydrogen) atoms. The molecule has 0 fully saturated rings. The standard InChI is InChI=1S/C17H12FN3O5S/c1-25-15-6-5-11(18)8-13(15)14(22)9-27-17-20-19-16(26-17)10-3-2-4-12(7-10)21(23)24/h2-8H,9H2,1H3. The van der Waals surface area contributed by atoms with Crippen molar-refractivity contribution in [1.82, 2.24) is 10.2 Å². The molecule has 0 aliphatic rings. The lowest BCUT2D eigenvalue weighted by Crippen LogP contribution is -2.05. The number of thioether (sulfide) groups is 1. The van der Waals surface area contributed by atoms with Crippen LogP contribution in [0.5, 0.6) is 5.75 Å². The van der Waals surface area contributed by atoms with Crippen LogP contribution in [0.15, 0.2) is 52.1 Å². The lowest BCUT2D eigenvalue weighted by Gasteiger charge is -2.06. The number of non-ortho nitro benzene ring substituents is 1. The first-order valence-corrected chi connectivity index (χ1v) is 8.54. The highest BCUT2D eigenvalue weighted by atomic mass is 32.2. The number of benzene rings is 2. The monoisotopic (exact) mass is 389 g/mol. The summed E-state index contributed by atoms with van der Waals surface area (Å²) in [5.41, 5.74) is 0.401. The van der Waals surface area contributed by atoms with Crippen molar-refractivity contribution in [3.05, 3.63) is 64.0 Å². The lowest BCUT2D eigenvalue weighted by atomic mass is 10.1. The van der Waals surface area contributed by atoms with Gasteiger partial charge in [0.1, 0.15) is 11.6 Å². The Morgan fingerprint density at radius 2 is 2.11 bits per heavy atom. The molecule has 3 rings (SSSR count). The molecule has 0 unspecified atom stereocenters. The quantitative estimate of drug-likeness (QED) is 0.260. The SMILES string of the molecule is COc1ccc(F)cc1C(=O)CSc1nnc(-c2cccc([N+](=O)[O-])c2)o1. The van der Waals surface area contributed by atoms with Gasteiger partial charge in [-0.25, -0.2) is 4.39 Å². The highest BCUT2D eigenvalue weighted by Gasteiger charge is 2.17. The number of carbonyl (C=O) groups excluding carboxylic acids is 1. The molecule has 0 bridgehead atoms. The van der Waals surface area contributed by atoms with Crippen molar-refractivity contribution in [2.75, 3.05) is 12.9 Å². The molecule has 0 radical (unpaired) electrons. The molecular formula is C17H12FN3O5S. The van der Waals surface area contributed by atoms with E-state index < -0.39 is 10.7 Å². The van der Waals surface area contributed by atoms with E-state index in [-0.39, 0.29) is 39.6 Å². The summed E-state index contributed by atoms with van der Waals surface area (Å²) < 4.78 is 23.9. The van der Waals surface area contributed by atoms with Crippen LogP contribution in [0.2, 0.25) is 0 Å². The Labute approximate surface area is 156 Å². The lowest BCUT2D eigenvalue weighted by molar-refractivity contribution is -0.384. The fraction of sp³-hybridized carbons (Fsp3) is 0.118. The molecule has 0 saturated heterocycles. The summed E-state index contributed by atoms with van der Waals surface area (Å²) in [7, 11) is 1.39. The Kier molecular flexibility index (Phi) is 5.46. The first-order valence-electron chi connectivity index (χ1n) is 7.56. The van der Waals surface area contributed by atoms with Gasteiger partial charge in [-0.3, -0.25) is 14.9 Å². The number of methoxy groups -OCH3 is 1. The predicted octanol–water partition coefficient (Wildman–Crippen LogP) is 3.77. The van der Waals surface area contributed by atoms with Crippen molar-refractivity contribution < 1.29 is 23.3 Å². The molecular weight excluding hydrogens is 377 g/mol. The number of ketones is 1. The molecule has 0 spiro atoms. The second-order valence-corrected chi connectivity index (χ2v) is 6.16. The average molecular weight is 389 g/mol. The van der Waals surface area contributed by atoms with Crippen LogP contribution >= 0.6 is 11.8 Å². The molecule has 1 aromatic heterocycles. The Hall–Kier alpha value is -3.27. The van der Waals surface area contributed by atoms with E-state index in [4.69, 9.17) is 9.15 Å². The smallest absolute Gasteiger partial charge is 0.277 e. The number of nitro benzene ring substituents is 1. The minimum atomic E-state index is -0.546. The maximum absolute atomic E-state index is 13.4. The number of aromatic nitrogens is 2. The summed E-state index contributed by atoms with van der Waals surface area (Å²) in [5, 5.41) is 18.6. The normalized spacial score (nSPS) is 10.6. The van der Waals surface area contributed by atoms with Crippen molar-refractivity contribution in [2.24, 2.45) is 0 Å². The minimum Gasteiger partial charge on any atom is -0.496 e. The third kappa shape index (κ3) is 4.29. The number of hydrogen-bond acceptors (Lipinski definition) is 8. The summed E-state index contributed by atoms with van der Waals surface area (Å²) in [6, 6.07) is 9.43. The van der Waals surface area contributed by atoms with E-state index in [0.29, 0.717) is 5.56 Å². The van der Waals surface area contributed by atoms with Gasteiger partial charge in [-0.05, 0) is 24.3 Å². The van der Waals surface area contributed by atoms with Gasteiger partial charge in [-0.1, -0.05) is 17.8 Å². The number of hydrogen-bond donors (Lipinski definition) is 0. The van der Waals surface area contributed by atoms with Crippen LogP contribution in [0, 0.1) is 15.9 Å². The van der Waals surface area contributed by atoms with E-state index in [1.54, 1.807) is 6.07 Å². The Morgan fingerprint density at radius 3 is 2.85 bits per heavy atom. The number of ether oxygens (including phenoxy) is 1. The zero-order valence-corrected chi connectivity index (χ0v) is 14.7. The van der Waals surface area contributed by atoms with Gasteiger partial charge in [0.25, 0.3) is 10.9 Å². The molecule has 10 heteroatoms. The molecule has 0 saturated carbocycles. The largest absolute Gasteiger partial charge is 0.496 e. The number of halogens is 1. The second kappa shape index (κ2) is 7.96. The van der Waals surface area contributed by atoms with E-state index in [1.807, 2.05) is 0 Å². The van der Waals surface area contributed by atoms with Crippen LogP contribution in [0.4, 0.5) is 10.1 Å². The van der Waals surface area contributed by atoms with Crippen LogP contribution in [-0.4, -0.2) is 33.8 Å². The van der Waals surface area contributed by atoms with Crippen LogP contribution in [0.25, 0.3) is 11.5 Å². The third-order valence-electron chi connectivity index (χ3n) is 3.50. The van der Waals surface area contributed by atoms with Crippen LogP contribution in [0.1, 0.15) is 10.4 Å². The maximum Gasteiger partial charge on any atom is 0.277 e. The van der Waals surface area contributed by atoms with Crippen LogP contribution < -0.4 is 4.74 Å². The molecule has 3 aromatic rings. The molecule has 0 amide bonds. The van der Waals surface area contributed by atoms with Crippen molar-refractivity contribution >= 4 is 23.2 Å². The van der Waals surface area contributed by atoms with Gasteiger partial charge in [0, 0.05) is 17.7 Å². The van der Waals surface area contributed by atoms with Crippen molar-refractivity contribution in [3.8, 4) is 17.2 Å². The van der Waals surface area contributed by atoms with Crippen molar-refractivity contribution in [1.29, 1.82) is 0 Å². The summed E-state index contributed by atoms with van der Waals surface area (Å²) in [6.45, 7) is 0. The Balaban J connectivity index is 1.72. The first kappa shape index (κ1) is 18.5. The van der Waals surface area contributed by atoms with Crippen LogP contribution in [0.3, 0.4) is 0 Å². The van der Waals surface area contributed by atoms with Gasteiger partial charge in [0.05, 0.1) is 23.3 Å². The number of rotatable bonds is 7. The van der Waals surface area contributed by atoms with Gasteiger partial charge in [-0.15, -0.1) is 10.2 Å². The number of carbonyl (C=O) groups is 1. The molecule has 0 N–H and O–H groups in total. The van der Waals surface area contributed by atoms with Gasteiger partial charge in [0.15, 0.2) is 5.78 Å².